The van der Waals surface area contributed by atoms with Crippen molar-refractivity contribution >= 4 is 5.91 Å². The van der Waals surface area contributed by atoms with Crippen molar-refractivity contribution in [2.45, 2.75) is 39.7 Å². The van der Waals surface area contributed by atoms with Gasteiger partial charge in [-0.2, -0.15) is 0 Å². The summed E-state index contributed by atoms with van der Waals surface area (Å²) in [6, 6.07) is 0.528. The number of rotatable bonds is 6. The molecule has 100 valence electrons. The highest BCUT2D eigenvalue weighted by molar-refractivity contribution is 5.83. The summed E-state index contributed by atoms with van der Waals surface area (Å²) in [5.41, 5.74) is -0.156. The predicted molar refractivity (Wildman–Crippen MR) is 71.0 cm³/mol. The molecular formula is C13H27N3O. The Morgan fingerprint density at radius 1 is 1.53 bits per heavy atom. The first-order valence-corrected chi connectivity index (χ1v) is 6.71. The summed E-state index contributed by atoms with van der Waals surface area (Å²) in [5.74, 6) is 0.224. The van der Waals surface area contributed by atoms with Gasteiger partial charge in [-0.1, -0.05) is 6.92 Å². The molecule has 1 saturated heterocycles. The van der Waals surface area contributed by atoms with E-state index in [1.54, 1.807) is 0 Å². The van der Waals surface area contributed by atoms with Crippen LogP contribution in [0.4, 0.5) is 0 Å². The smallest absolute Gasteiger partial charge is 0.227 e. The van der Waals surface area contributed by atoms with Crippen LogP contribution < -0.4 is 10.6 Å². The van der Waals surface area contributed by atoms with E-state index in [1.165, 1.54) is 0 Å². The van der Waals surface area contributed by atoms with Gasteiger partial charge in [0.15, 0.2) is 0 Å². The van der Waals surface area contributed by atoms with Crippen molar-refractivity contribution in [2.75, 3.05) is 33.2 Å². The molecule has 1 heterocycles. The zero-order valence-corrected chi connectivity index (χ0v) is 11.7. The largest absolute Gasteiger partial charge is 0.354 e. The first-order valence-electron chi connectivity index (χ1n) is 6.71. The molecule has 2 N–H and O–H groups in total. The summed E-state index contributed by atoms with van der Waals surface area (Å²) in [4.78, 5) is 14.4. The fraction of sp³-hybridized carbons (Fsp3) is 0.923. The highest BCUT2D eigenvalue weighted by atomic mass is 16.2. The minimum absolute atomic E-state index is 0.156. The van der Waals surface area contributed by atoms with Gasteiger partial charge in [-0.05, 0) is 40.3 Å². The first kappa shape index (κ1) is 14.5. The van der Waals surface area contributed by atoms with Gasteiger partial charge < -0.3 is 15.5 Å². The maximum absolute atomic E-state index is 12.2. The van der Waals surface area contributed by atoms with Gasteiger partial charge in [0.2, 0.25) is 5.91 Å². The van der Waals surface area contributed by atoms with Crippen LogP contribution in [0.5, 0.6) is 0 Å². The van der Waals surface area contributed by atoms with Crippen LogP contribution in [0.1, 0.15) is 33.6 Å². The van der Waals surface area contributed by atoms with Crippen LogP contribution in [0.15, 0.2) is 0 Å². The maximum atomic E-state index is 12.2. The average molecular weight is 241 g/mol. The van der Waals surface area contributed by atoms with Gasteiger partial charge in [0.25, 0.3) is 0 Å². The van der Waals surface area contributed by atoms with Crippen molar-refractivity contribution < 1.29 is 4.79 Å². The second-order valence-electron chi connectivity index (χ2n) is 5.39. The number of hydrogen-bond donors (Lipinski definition) is 2. The van der Waals surface area contributed by atoms with Gasteiger partial charge in [-0.3, -0.25) is 4.79 Å². The Bertz CT molecular complexity index is 247. The fourth-order valence-electron chi connectivity index (χ4n) is 2.19. The van der Waals surface area contributed by atoms with Gasteiger partial charge in [0.1, 0.15) is 0 Å². The molecule has 0 aromatic heterocycles. The molecule has 0 spiro atoms. The van der Waals surface area contributed by atoms with E-state index in [0.29, 0.717) is 6.04 Å². The lowest BCUT2D eigenvalue weighted by Gasteiger charge is -2.26. The number of hydrogen-bond acceptors (Lipinski definition) is 3. The molecule has 0 saturated carbocycles. The molecule has 0 aromatic rings. The summed E-state index contributed by atoms with van der Waals surface area (Å²) in [5, 5.41) is 6.37. The topological polar surface area (TPSA) is 44.4 Å². The number of carbonyl (C=O) groups excluding carboxylic acids is 1. The Labute approximate surface area is 105 Å². The molecule has 1 atom stereocenters. The summed E-state index contributed by atoms with van der Waals surface area (Å²) in [6.07, 6.45) is 1.89. The highest BCUT2D eigenvalue weighted by Gasteiger charge is 2.39. The monoisotopic (exact) mass is 241 g/mol. The summed E-state index contributed by atoms with van der Waals surface area (Å²) >= 11 is 0. The summed E-state index contributed by atoms with van der Waals surface area (Å²) in [6.45, 7) is 9.88. The first-order chi connectivity index (χ1) is 8.02. The zero-order chi connectivity index (χ0) is 12.9. The van der Waals surface area contributed by atoms with Gasteiger partial charge in [0.05, 0.1) is 5.41 Å². The number of nitrogens with zero attached hydrogens (tertiary/aromatic N) is 1. The molecule has 4 heteroatoms. The lowest BCUT2D eigenvalue weighted by Crippen LogP contribution is -2.45. The second kappa shape index (κ2) is 6.36. The van der Waals surface area contributed by atoms with E-state index < -0.39 is 0 Å². The Hall–Kier alpha value is -0.610. The van der Waals surface area contributed by atoms with Crippen LogP contribution in [0.2, 0.25) is 0 Å². The van der Waals surface area contributed by atoms with Gasteiger partial charge in [0, 0.05) is 25.7 Å². The van der Waals surface area contributed by atoms with Crippen molar-refractivity contribution in [1.29, 1.82) is 0 Å². The van der Waals surface area contributed by atoms with E-state index in [2.05, 4.69) is 43.4 Å². The molecule has 0 bridgehead atoms. The zero-order valence-electron chi connectivity index (χ0n) is 11.7. The minimum atomic E-state index is -0.156. The van der Waals surface area contributed by atoms with E-state index >= 15 is 0 Å². The third-order valence-electron chi connectivity index (χ3n) is 4.03. The second-order valence-corrected chi connectivity index (χ2v) is 5.39. The molecule has 0 aliphatic carbocycles. The number of nitrogens with one attached hydrogen (secondary N) is 2. The standard InChI is InChI=1S/C13H27N3O/c1-5-13(6-7-14-10-13)12(17)15-8-9-16(4)11(2)3/h11,14H,5-10H2,1-4H3,(H,15,17). The van der Waals surface area contributed by atoms with Crippen LogP contribution in [0.3, 0.4) is 0 Å². The molecule has 0 aromatic carbocycles. The summed E-state index contributed by atoms with van der Waals surface area (Å²) in [7, 11) is 2.09. The van der Waals surface area contributed by atoms with Crippen molar-refractivity contribution in [3.05, 3.63) is 0 Å². The molecule has 4 nitrogen and oxygen atoms in total. The van der Waals surface area contributed by atoms with Crippen LogP contribution >= 0.6 is 0 Å². The van der Waals surface area contributed by atoms with E-state index in [1.807, 2.05) is 0 Å². The van der Waals surface area contributed by atoms with E-state index in [4.69, 9.17) is 0 Å². The third-order valence-corrected chi connectivity index (χ3v) is 4.03. The van der Waals surface area contributed by atoms with Gasteiger partial charge in [-0.25, -0.2) is 0 Å². The predicted octanol–water partition coefficient (Wildman–Crippen LogP) is 0.833. The normalized spacial score (nSPS) is 24.6. The minimum Gasteiger partial charge on any atom is -0.354 e. The third kappa shape index (κ3) is 3.68. The van der Waals surface area contributed by atoms with Gasteiger partial charge in [-0.15, -0.1) is 0 Å². The fourth-order valence-corrected chi connectivity index (χ4v) is 2.19. The quantitative estimate of drug-likeness (QED) is 0.724. The molecule has 1 fully saturated rings. The Kier molecular flexibility index (Phi) is 5.40. The van der Waals surface area contributed by atoms with E-state index in [-0.39, 0.29) is 11.3 Å². The lowest BCUT2D eigenvalue weighted by molar-refractivity contribution is -0.130. The van der Waals surface area contributed by atoms with Crippen molar-refractivity contribution in [3.63, 3.8) is 0 Å². The molecule has 17 heavy (non-hydrogen) atoms. The number of amides is 1. The Morgan fingerprint density at radius 3 is 2.71 bits per heavy atom. The Morgan fingerprint density at radius 2 is 2.24 bits per heavy atom. The molecule has 0 radical (unpaired) electrons. The average Bonchev–Trinajstić information content (AvgIpc) is 2.78. The number of likely N-dealkylation sites (N-methyl/N-ethyl adjacent to an activating group) is 1. The van der Waals surface area contributed by atoms with Crippen molar-refractivity contribution in [1.82, 2.24) is 15.5 Å². The van der Waals surface area contributed by atoms with Crippen molar-refractivity contribution in [2.24, 2.45) is 5.41 Å². The van der Waals surface area contributed by atoms with Crippen LogP contribution in [-0.4, -0.2) is 50.1 Å². The van der Waals surface area contributed by atoms with E-state index in [9.17, 15) is 4.79 Å². The molecular weight excluding hydrogens is 214 g/mol. The Balaban J connectivity index is 2.34. The van der Waals surface area contributed by atoms with Crippen molar-refractivity contribution in [3.8, 4) is 0 Å². The molecule has 1 rings (SSSR count). The molecule has 1 aliphatic rings. The molecule has 1 aliphatic heterocycles. The van der Waals surface area contributed by atoms with Gasteiger partial charge >= 0.3 is 0 Å². The van der Waals surface area contributed by atoms with E-state index in [0.717, 1.165) is 39.0 Å². The lowest BCUT2D eigenvalue weighted by atomic mass is 9.83. The summed E-state index contributed by atoms with van der Waals surface area (Å²) < 4.78 is 0. The van der Waals surface area contributed by atoms with Crippen LogP contribution in [0.25, 0.3) is 0 Å². The number of carbonyl (C=O) groups is 1. The van der Waals surface area contributed by atoms with Crippen LogP contribution in [-0.2, 0) is 4.79 Å². The highest BCUT2D eigenvalue weighted by Crippen LogP contribution is 2.29. The SMILES string of the molecule is CCC1(C(=O)NCCN(C)C(C)C)CCNC1. The molecule has 1 unspecified atom stereocenters. The molecule has 1 amide bonds. The maximum Gasteiger partial charge on any atom is 0.227 e. The van der Waals surface area contributed by atoms with Crippen LogP contribution in [0, 0.1) is 5.41 Å².